The average Bonchev–Trinajstić information content (AvgIpc) is 2.84. The van der Waals surface area contributed by atoms with Crippen LogP contribution in [-0.2, 0) is 25.4 Å². The van der Waals surface area contributed by atoms with E-state index in [4.69, 9.17) is 19.9 Å². The third kappa shape index (κ3) is 8.94. The number of methoxy groups -OCH3 is 2. The van der Waals surface area contributed by atoms with Gasteiger partial charge in [0.25, 0.3) is 5.91 Å². The van der Waals surface area contributed by atoms with Crippen molar-refractivity contribution in [3.63, 3.8) is 0 Å². The van der Waals surface area contributed by atoms with Gasteiger partial charge in [0.1, 0.15) is 5.82 Å². The second-order valence-electron chi connectivity index (χ2n) is 9.94. The number of fused-ring (bicyclic) bond motifs is 2. The second kappa shape index (κ2) is 14.3. The lowest BCUT2D eigenvalue weighted by molar-refractivity contribution is -0.112. The highest BCUT2D eigenvalue weighted by atomic mass is 19.1. The molecule has 2 rings (SSSR count). The van der Waals surface area contributed by atoms with Crippen LogP contribution < -0.4 is 11.1 Å². The maximum absolute atomic E-state index is 14.6. The van der Waals surface area contributed by atoms with Crippen LogP contribution in [0.15, 0.2) is 41.5 Å². The molecule has 0 aliphatic carbocycles. The highest BCUT2D eigenvalue weighted by Gasteiger charge is 2.30. The number of aliphatic hydroxyl groups excluding tert-OH is 1. The van der Waals surface area contributed by atoms with Gasteiger partial charge in [-0.1, -0.05) is 26.0 Å². The van der Waals surface area contributed by atoms with Gasteiger partial charge in [-0.25, -0.2) is 9.18 Å². The first-order valence-corrected chi connectivity index (χ1v) is 12.6. The van der Waals surface area contributed by atoms with E-state index >= 15 is 0 Å². The van der Waals surface area contributed by atoms with Gasteiger partial charge in [0.15, 0.2) is 6.10 Å². The molecule has 0 unspecified atom stereocenters. The number of primary amides is 1. The molecule has 2 bridgehead atoms. The lowest BCUT2D eigenvalue weighted by Gasteiger charge is -2.30. The summed E-state index contributed by atoms with van der Waals surface area (Å²) in [6.45, 7) is 7.30. The third-order valence-electron chi connectivity index (χ3n) is 6.85. The molecule has 0 spiro atoms. The number of aliphatic hydroxyl groups is 1. The number of rotatable bonds is 3. The number of halogens is 1. The summed E-state index contributed by atoms with van der Waals surface area (Å²) < 4.78 is 31.2. The van der Waals surface area contributed by atoms with Crippen molar-refractivity contribution in [2.75, 3.05) is 19.5 Å². The van der Waals surface area contributed by atoms with Crippen molar-refractivity contribution in [3.05, 3.63) is 52.9 Å². The minimum atomic E-state index is -0.935. The van der Waals surface area contributed by atoms with E-state index in [0.29, 0.717) is 48.1 Å². The zero-order valence-electron chi connectivity index (χ0n) is 22.6. The van der Waals surface area contributed by atoms with E-state index in [1.54, 1.807) is 26.0 Å². The van der Waals surface area contributed by atoms with Gasteiger partial charge >= 0.3 is 6.09 Å². The number of nitrogens with two attached hydrogens (primary N) is 1. The van der Waals surface area contributed by atoms with E-state index in [1.807, 2.05) is 19.9 Å². The minimum absolute atomic E-state index is 0.0233. The summed E-state index contributed by atoms with van der Waals surface area (Å²) in [7, 11) is 3.05. The number of ether oxygens (including phenoxy) is 3. The molecule has 0 aromatic heterocycles. The van der Waals surface area contributed by atoms with Crippen molar-refractivity contribution in [1.82, 2.24) is 0 Å². The van der Waals surface area contributed by atoms with Crippen LogP contribution >= 0.6 is 0 Å². The number of hydrogen-bond donors (Lipinski definition) is 3. The number of anilines is 1. The smallest absolute Gasteiger partial charge is 0.405 e. The molecule has 1 aromatic carbocycles. The molecule has 6 atom stereocenters. The predicted molar refractivity (Wildman–Crippen MR) is 140 cm³/mol. The van der Waals surface area contributed by atoms with Gasteiger partial charge in [-0.05, 0) is 74.8 Å². The highest BCUT2D eigenvalue weighted by Crippen LogP contribution is 2.26. The molecular weight excluding hydrogens is 479 g/mol. The van der Waals surface area contributed by atoms with Gasteiger partial charge in [0.2, 0.25) is 0 Å². The van der Waals surface area contributed by atoms with Crippen LogP contribution in [0.1, 0.15) is 52.5 Å². The molecule has 0 saturated heterocycles. The summed E-state index contributed by atoms with van der Waals surface area (Å²) in [6, 6.07) is 4.52. The lowest BCUT2D eigenvalue weighted by Crippen LogP contribution is -2.37. The molecule has 8 nitrogen and oxygen atoms in total. The van der Waals surface area contributed by atoms with E-state index in [0.717, 1.165) is 0 Å². The monoisotopic (exact) mass is 520 g/mol. The second-order valence-corrected chi connectivity index (χ2v) is 9.94. The summed E-state index contributed by atoms with van der Waals surface area (Å²) in [5, 5.41) is 13.9. The molecular formula is C28H41FN2O6. The Hall–Kier alpha value is -2.75. The van der Waals surface area contributed by atoms with Crippen LogP contribution in [0.3, 0.4) is 0 Å². The van der Waals surface area contributed by atoms with Crippen molar-refractivity contribution >= 4 is 17.7 Å². The fraction of sp³-hybridized carbons (Fsp3) is 0.571. The number of nitrogens with one attached hydrogen (secondary N) is 1. The van der Waals surface area contributed by atoms with E-state index < -0.39 is 30.5 Å². The van der Waals surface area contributed by atoms with Crippen molar-refractivity contribution in [1.29, 1.82) is 0 Å². The Morgan fingerprint density at radius 2 is 1.84 bits per heavy atom. The fourth-order valence-corrected chi connectivity index (χ4v) is 4.75. The van der Waals surface area contributed by atoms with Crippen LogP contribution in [0, 0.1) is 17.7 Å². The Morgan fingerprint density at radius 1 is 1.16 bits per heavy atom. The van der Waals surface area contributed by atoms with Crippen LogP contribution in [0.4, 0.5) is 14.9 Å². The summed E-state index contributed by atoms with van der Waals surface area (Å²) in [5.41, 5.74) is 7.49. The lowest BCUT2D eigenvalue weighted by atomic mass is 9.88. The Labute approximate surface area is 219 Å². The van der Waals surface area contributed by atoms with Crippen LogP contribution in [0.25, 0.3) is 0 Å². The maximum atomic E-state index is 14.6. The van der Waals surface area contributed by atoms with Crippen molar-refractivity contribution in [2.24, 2.45) is 17.6 Å². The first-order valence-electron chi connectivity index (χ1n) is 12.6. The molecule has 9 heteroatoms. The molecule has 0 saturated carbocycles. The van der Waals surface area contributed by atoms with E-state index in [1.165, 1.54) is 26.4 Å². The SMILES string of the molecule is CO[C@H]1C[C@H](C)Cc2cc(ccc2F)NC(=O)/C(C)=C/CC[C@H](OC)[C@@H](OC(N)=O)/C(C)=C/[C@H](C)[C@H]1O. The Balaban J connectivity index is 2.47. The molecule has 206 valence electrons. The molecule has 0 radical (unpaired) electrons. The zero-order chi connectivity index (χ0) is 27.7. The van der Waals surface area contributed by atoms with E-state index in [9.17, 15) is 19.1 Å². The van der Waals surface area contributed by atoms with Gasteiger partial charge in [-0.3, -0.25) is 4.79 Å². The van der Waals surface area contributed by atoms with Gasteiger partial charge in [0.05, 0.1) is 18.3 Å². The molecule has 37 heavy (non-hydrogen) atoms. The number of benzene rings is 1. The average molecular weight is 521 g/mol. The standard InChI is InChI=1S/C28H41FN2O6/c1-16-12-20-15-21(10-11-22(20)29)31-27(33)17(2)8-7-9-23(35-5)26(37-28(30)34)19(4)14-18(3)25(32)24(13-16)36-6/h8,10-11,14-16,18,23-26,32H,7,9,12-13H2,1-6H3,(H2,30,34)(H,31,33)/b17-8+,19-14+/t16-,18+,23+,24+,25-,26+/m1/s1. The normalized spacial score (nSPS) is 31.4. The first-order chi connectivity index (χ1) is 17.5. The summed E-state index contributed by atoms with van der Waals surface area (Å²) in [5.74, 6) is -1.02. The zero-order valence-corrected chi connectivity index (χ0v) is 22.6. The number of allylic oxidation sites excluding steroid dienone is 1. The first kappa shape index (κ1) is 30.5. The quantitative estimate of drug-likeness (QED) is 0.505. The molecule has 2 amide bonds. The van der Waals surface area contributed by atoms with Crippen molar-refractivity contribution in [2.45, 2.75) is 77.8 Å². The molecule has 1 aliphatic heterocycles. The van der Waals surface area contributed by atoms with Crippen molar-refractivity contribution in [3.8, 4) is 0 Å². The number of carbonyl (C=O) groups is 2. The van der Waals surface area contributed by atoms with E-state index in [-0.39, 0.29) is 23.6 Å². The van der Waals surface area contributed by atoms with E-state index in [2.05, 4.69) is 5.32 Å². The van der Waals surface area contributed by atoms with Crippen molar-refractivity contribution < 1.29 is 33.3 Å². The van der Waals surface area contributed by atoms with Gasteiger partial charge in [-0.2, -0.15) is 0 Å². The van der Waals surface area contributed by atoms with Crippen LogP contribution in [0.2, 0.25) is 0 Å². The van der Waals surface area contributed by atoms with Gasteiger partial charge < -0.3 is 30.4 Å². The topological polar surface area (TPSA) is 120 Å². The summed E-state index contributed by atoms with van der Waals surface area (Å²) >= 11 is 0. The largest absolute Gasteiger partial charge is 0.439 e. The molecule has 1 aromatic rings. The molecule has 4 N–H and O–H groups in total. The molecule has 0 fully saturated rings. The Kier molecular flexibility index (Phi) is 11.7. The Bertz CT molecular complexity index is 995. The third-order valence-corrected chi connectivity index (χ3v) is 6.85. The predicted octanol–water partition coefficient (Wildman–Crippen LogP) is 4.51. The summed E-state index contributed by atoms with van der Waals surface area (Å²) in [6.07, 6.45) is 1.80. The van der Waals surface area contributed by atoms with Gasteiger partial charge in [0, 0.05) is 31.4 Å². The van der Waals surface area contributed by atoms with Crippen LogP contribution in [-0.4, -0.2) is 55.7 Å². The summed E-state index contributed by atoms with van der Waals surface area (Å²) in [4.78, 5) is 24.4. The molecule has 1 heterocycles. The Morgan fingerprint density at radius 3 is 2.46 bits per heavy atom. The van der Waals surface area contributed by atoms with Gasteiger partial charge in [-0.15, -0.1) is 0 Å². The molecule has 1 aliphatic rings. The minimum Gasteiger partial charge on any atom is -0.439 e. The number of amides is 2. The highest BCUT2D eigenvalue weighted by molar-refractivity contribution is 6.03. The number of hydrogen-bond acceptors (Lipinski definition) is 6. The maximum Gasteiger partial charge on any atom is 0.405 e. The number of carbonyl (C=O) groups excluding carboxylic acids is 2. The van der Waals surface area contributed by atoms with Crippen LogP contribution in [0.5, 0.6) is 0 Å². The fourth-order valence-electron chi connectivity index (χ4n) is 4.75.